The first kappa shape index (κ1) is 24.2. The fourth-order valence-electron chi connectivity index (χ4n) is 2.34. The van der Waals surface area contributed by atoms with Crippen molar-refractivity contribution in [3.8, 4) is 0 Å². The Kier molecular flexibility index (Phi) is 8.73. The molecule has 0 fully saturated rings. The molecular weight excluding hydrogens is 469 g/mol. The third-order valence-electron chi connectivity index (χ3n) is 3.88. The number of esters is 1. The molecule has 0 radical (unpaired) electrons. The van der Waals surface area contributed by atoms with Crippen molar-refractivity contribution in [3.05, 3.63) is 65.2 Å². The maximum absolute atomic E-state index is 11.5. The van der Waals surface area contributed by atoms with Crippen molar-refractivity contribution in [1.82, 2.24) is 5.32 Å². The molecule has 160 valence electrons. The van der Waals surface area contributed by atoms with Gasteiger partial charge in [0.1, 0.15) is 0 Å². The van der Waals surface area contributed by atoms with E-state index >= 15 is 0 Å². The molecule has 0 spiro atoms. The quantitative estimate of drug-likeness (QED) is 0.206. The van der Waals surface area contributed by atoms with Gasteiger partial charge in [-0.25, -0.2) is 9.79 Å². The molecule has 0 aliphatic rings. The number of ether oxygens (including phenoxy) is 2. The second-order valence-electron chi connectivity index (χ2n) is 6.12. The van der Waals surface area contributed by atoms with Crippen molar-refractivity contribution in [2.24, 2.45) is 4.99 Å². The Hall–Kier alpha value is -2.06. The Bertz CT molecular complexity index is 914. The Balaban J connectivity index is 2.16. The van der Waals surface area contributed by atoms with E-state index in [-0.39, 0.29) is 11.0 Å². The van der Waals surface area contributed by atoms with Gasteiger partial charge in [-0.05, 0) is 55.5 Å². The van der Waals surface area contributed by atoms with E-state index < -0.39 is 15.9 Å². The van der Waals surface area contributed by atoms with Crippen LogP contribution in [-0.2, 0) is 9.47 Å². The predicted octanol–water partition coefficient (Wildman–Crippen LogP) is 4.86. The van der Waals surface area contributed by atoms with Crippen LogP contribution in [0.15, 0.2) is 53.5 Å². The summed E-state index contributed by atoms with van der Waals surface area (Å²) in [7, 11) is 2.80. The number of nitrogens with zero attached hydrogens (tertiary/aromatic N) is 1. The topological polar surface area (TPSA) is 72.0 Å². The van der Waals surface area contributed by atoms with E-state index in [9.17, 15) is 4.79 Å². The number of aliphatic imine (C=N–C) groups is 1. The van der Waals surface area contributed by atoms with Crippen LogP contribution in [0.4, 0.5) is 5.69 Å². The smallest absolute Gasteiger partial charge is 0.337 e. The standard InChI is InChI=1S/C20H20Cl3N3O3S/c1-12-4-6-13(7-5-12)16(28-2)25-18(20(21,22)23)26-19(30)24-15-10-8-14(9-11-15)17(27)29-3/h4-11,18H,1-3H3,(H2,24,26,30). The normalized spacial score (nSPS) is 12.7. The lowest BCUT2D eigenvalue weighted by atomic mass is 10.1. The molecule has 2 aromatic rings. The Morgan fingerprint density at radius 3 is 2.07 bits per heavy atom. The van der Waals surface area contributed by atoms with Crippen LogP contribution in [0.3, 0.4) is 0 Å². The average Bonchev–Trinajstić information content (AvgIpc) is 2.71. The maximum atomic E-state index is 11.5. The number of methoxy groups -OCH3 is 2. The number of halogens is 3. The van der Waals surface area contributed by atoms with Gasteiger partial charge in [-0.2, -0.15) is 0 Å². The highest BCUT2D eigenvalue weighted by Gasteiger charge is 2.34. The molecule has 0 saturated heterocycles. The SMILES string of the molecule is COC(=O)c1ccc(NC(=S)NC(N=C(OC)c2ccc(C)cc2)C(Cl)(Cl)Cl)cc1. The molecule has 2 aromatic carbocycles. The van der Waals surface area contributed by atoms with Gasteiger partial charge in [-0.1, -0.05) is 52.5 Å². The Morgan fingerprint density at radius 2 is 1.57 bits per heavy atom. The number of benzene rings is 2. The molecule has 0 heterocycles. The van der Waals surface area contributed by atoms with E-state index in [1.165, 1.54) is 14.2 Å². The predicted molar refractivity (Wildman–Crippen MR) is 126 cm³/mol. The van der Waals surface area contributed by atoms with Crippen molar-refractivity contribution in [3.63, 3.8) is 0 Å². The first-order valence-electron chi connectivity index (χ1n) is 8.65. The van der Waals surface area contributed by atoms with Crippen LogP contribution in [0.2, 0.25) is 0 Å². The highest BCUT2D eigenvalue weighted by Crippen LogP contribution is 2.31. The van der Waals surface area contributed by atoms with Gasteiger partial charge in [0.2, 0.25) is 9.69 Å². The summed E-state index contributed by atoms with van der Waals surface area (Å²) in [6, 6.07) is 14.1. The number of thiocarbonyl (C=S) groups is 1. The third kappa shape index (κ3) is 7.02. The summed E-state index contributed by atoms with van der Waals surface area (Å²) in [6.07, 6.45) is -1.03. The zero-order valence-corrected chi connectivity index (χ0v) is 19.5. The summed E-state index contributed by atoms with van der Waals surface area (Å²) < 4.78 is 8.23. The van der Waals surface area contributed by atoms with Crippen molar-refractivity contribution >= 4 is 69.7 Å². The van der Waals surface area contributed by atoms with E-state index in [0.717, 1.165) is 11.1 Å². The lowest BCUT2D eigenvalue weighted by molar-refractivity contribution is 0.0601. The van der Waals surface area contributed by atoms with Crippen LogP contribution in [0.1, 0.15) is 21.5 Å². The third-order valence-corrected chi connectivity index (χ3v) is 4.72. The Morgan fingerprint density at radius 1 is 1.00 bits per heavy atom. The summed E-state index contributed by atoms with van der Waals surface area (Å²) in [4.78, 5) is 15.9. The number of anilines is 1. The zero-order valence-electron chi connectivity index (χ0n) is 16.4. The molecule has 1 unspecified atom stereocenters. The second-order valence-corrected chi connectivity index (χ2v) is 8.89. The van der Waals surface area contributed by atoms with Crippen LogP contribution in [0.5, 0.6) is 0 Å². The van der Waals surface area contributed by atoms with Crippen LogP contribution in [-0.4, -0.2) is 41.2 Å². The number of hydrogen-bond donors (Lipinski definition) is 2. The molecule has 0 bridgehead atoms. The number of aryl methyl sites for hydroxylation is 1. The van der Waals surface area contributed by atoms with Crippen molar-refractivity contribution in [2.75, 3.05) is 19.5 Å². The lowest BCUT2D eigenvalue weighted by Gasteiger charge is -2.24. The van der Waals surface area contributed by atoms with Crippen molar-refractivity contribution in [2.45, 2.75) is 16.9 Å². The Labute approximate surface area is 195 Å². The maximum Gasteiger partial charge on any atom is 0.337 e. The van der Waals surface area contributed by atoms with Crippen molar-refractivity contribution in [1.29, 1.82) is 0 Å². The molecule has 0 aromatic heterocycles. The molecule has 10 heteroatoms. The lowest BCUT2D eigenvalue weighted by Crippen LogP contribution is -2.45. The van der Waals surface area contributed by atoms with Gasteiger partial charge in [-0.3, -0.25) is 0 Å². The monoisotopic (exact) mass is 487 g/mol. The highest BCUT2D eigenvalue weighted by atomic mass is 35.6. The largest absolute Gasteiger partial charge is 0.481 e. The molecular formula is C20H20Cl3N3O3S. The summed E-state index contributed by atoms with van der Waals surface area (Å²) in [5, 5.41) is 5.98. The van der Waals surface area contributed by atoms with Gasteiger partial charge in [0.05, 0.1) is 19.8 Å². The highest BCUT2D eigenvalue weighted by molar-refractivity contribution is 7.80. The molecule has 30 heavy (non-hydrogen) atoms. The van der Waals surface area contributed by atoms with Crippen molar-refractivity contribution < 1.29 is 14.3 Å². The van der Waals surface area contributed by atoms with Crippen LogP contribution in [0.25, 0.3) is 0 Å². The summed E-state index contributed by atoms with van der Waals surface area (Å²) in [5.41, 5.74) is 2.85. The van der Waals surface area contributed by atoms with Gasteiger partial charge in [-0.15, -0.1) is 0 Å². The van der Waals surface area contributed by atoms with E-state index in [2.05, 4.69) is 20.4 Å². The molecule has 0 aliphatic carbocycles. The minimum atomic E-state index is -1.81. The van der Waals surface area contributed by atoms with Crippen LogP contribution in [0, 0.1) is 6.92 Å². The number of nitrogens with one attached hydrogen (secondary N) is 2. The van der Waals surface area contributed by atoms with E-state index in [1.807, 2.05) is 31.2 Å². The van der Waals surface area contributed by atoms with Crippen LogP contribution >= 0.6 is 47.0 Å². The van der Waals surface area contributed by atoms with Gasteiger partial charge in [0, 0.05) is 11.3 Å². The number of hydrogen-bond acceptors (Lipinski definition) is 5. The first-order valence-corrected chi connectivity index (χ1v) is 10.2. The molecule has 1 atom stereocenters. The summed E-state index contributed by atoms with van der Waals surface area (Å²) in [5.74, 6) is -0.153. The van der Waals surface area contributed by atoms with E-state index in [1.54, 1.807) is 24.3 Å². The molecule has 2 rings (SSSR count). The van der Waals surface area contributed by atoms with Gasteiger partial charge < -0.3 is 20.1 Å². The minimum Gasteiger partial charge on any atom is -0.481 e. The molecule has 0 amide bonds. The second kappa shape index (κ2) is 10.8. The summed E-state index contributed by atoms with van der Waals surface area (Å²) in [6.45, 7) is 1.97. The fraction of sp³-hybridized carbons (Fsp3) is 0.250. The summed E-state index contributed by atoms with van der Waals surface area (Å²) >= 11 is 23.6. The average molecular weight is 489 g/mol. The molecule has 6 nitrogen and oxygen atoms in total. The zero-order chi connectivity index (χ0) is 22.3. The van der Waals surface area contributed by atoms with E-state index in [4.69, 9.17) is 51.8 Å². The molecule has 0 saturated carbocycles. The fourth-order valence-corrected chi connectivity index (χ4v) is 2.88. The number of carbonyl (C=O) groups is 1. The molecule has 0 aliphatic heterocycles. The first-order chi connectivity index (χ1) is 14.1. The number of carbonyl (C=O) groups excluding carboxylic acids is 1. The number of rotatable bonds is 5. The molecule has 2 N–H and O–H groups in total. The number of alkyl halides is 3. The van der Waals surface area contributed by atoms with E-state index in [0.29, 0.717) is 11.3 Å². The minimum absolute atomic E-state index is 0.167. The van der Waals surface area contributed by atoms with Gasteiger partial charge >= 0.3 is 5.97 Å². The van der Waals surface area contributed by atoms with Crippen LogP contribution < -0.4 is 10.6 Å². The van der Waals surface area contributed by atoms with Gasteiger partial charge in [0.15, 0.2) is 11.3 Å². The van der Waals surface area contributed by atoms with Gasteiger partial charge in [0.25, 0.3) is 0 Å².